The fourth-order valence-electron chi connectivity index (χ4n) is 4.01. The van der Waals surface area contributed by atoms with E-state index in [9.17, 15) is 18.0 Å². The lowest BCUT2D eigenvalue weighted by Crippen LogP contribution is -2.51. The van der Waals surface area contributed by atoms with Crippen LogP contribution in [0, 0.1) is 5.92 Å². The minimum atomic E-state index is -4.09. The first-order chi connectivity index (χ1) is 18.5. The molecule has 2 amide bonds. The molecule has 0 aromatic heterocycles. The van der Waals surface area contributed by atoms with Crippen molar-refractivity contribution in [1.29, 1.82) is 0 Å². The molecule has 3 rings (SSSR count). The zero-order valence-electron chi connectivity index (χ0n) is 22.8. The summed E-state index contributed by atoms with van der Waals surface area (Å²) in [5, 5.41) is 3.38. The molecule has 0 aliphatic carbocycles. The van der Waals surface area contributed by atoms with E-state index in [2.05, 4.69) is 5.32 Å². The van der Waals surface area contributed by atoms with Crippen LogP contribution in [-0.4, -0.2) is 44.3 Å². The van der Waals surface area contributed by atoms with Gasteiger partial charge in [0.25, 0.3) is 10.0 Å². The van der Waals surface area contributed by atoms with E-state index >= 15 is 0 Å². The average Bonchev–Trinajstić information content (AvgIpc) is 2.93. The molecule has 3 aromatic rings. The van der Waals surface area contributed by atoms with Crippen LogP contribution < -0.4 is 9.62 Å². The molecule has 208 valence electrons. The number of hydrogen-bond acceptors (Lipinski definition) is 4. The van der Waals surface area contributed by atoms with Gasteiger partial charge in [-0.25, -0.2) is 8.42 Å². The van der Waals surface area contributed by atoms with Crippen LogP contribution >= 0.6 is 11.6 Å². The molecule has 0 aliphatic heterocycles. The maximum atomic E-state index is 13.9. The fourth-order valence-corrected chi connectivity index (χ4v) is 5.66. The highest BCUT2D eigenvalue weighted by Gasteiger charge is 2.32. The molecule has 9 heteroatoms. The number of nitrogens with one attached hydrogen (secondary N) is 1. The first-order valence-electron chi connectivity index (χ1n) is 13.0. The van der Waals surface area contributed by atoms with Gasteiger partial charge < -0.3 is 10.2 Å². The molecule has 0 spiro atoms. The quantitative estimate of drug-likeness (QED) is 0.321. The van der Waals surface area contributed by atoms with Crippen molar-refractivity contribution in [2.75, 3.05) is 17.4 Å². The predicted octanol–water partition coefficient (Wildman–Crippen LogP) is 5.29. The van der Waals surface area contributed by atoms with Crippen LogP contribution in [0.5, 0.6) is 0 Å². The Hall–Kier alpha value is -3.36. The van der Waals surface area contributed by atoms with Crippen LogP contribution in [0.2, 0.25) is 5.02 Å². The lowest BCUT2D eigenvalue weighted by Gasteiger charge is -2.32. The number of rotatable bonds is 12. The van der Waals surface area contributed by atoms with Crippen molar-refractivity contribution < 1.29 is 18.0 Å². The molecular weight excluding hydrogens is 534 g/mol. The Morgan fingerprint density at radius 3 is 2.15 bits per heavy atom. The third-order valence-corrected chi connectivity index (χ3v) is 8.36. The number of anilines is 1. The number of aryl methyl sites for hydroxylation is 1. The smallest absolute Gasteiger partial charge is 0.264 e. The van der Waals surface area contributed by atoms with Crippen molar-refractivity contribution in [3.63, 3.8) is 0 Å². The lowest BCUT2D eigenvalue weighted by molar-refractivity contribution is -0.139. The van der Waals surface area contributed by atoms with E-state index in [4.69, 9.17) is 11.6 Å². The van der Waals surface area contributed by atoms with Crippen LogP contribution in [-0.2, 0) is 32.6 Å². The normalized spacial score (nSPS) is 12.2. The Balaban J connectivity index is 2.00. The molecule has 0 heterocycles. The van der Waals surface area contributed by atoms with E-state index < -0.39 is 28.5 Å². The van der Waals surface area contributed by atoms with Gasteiger partial charge in [-0.1, -0.05) is 74.8 Å². The van der Waals surface area contributed by atoms with Gasteiger partial charge >= 0.3 is 0 Å². The summed E-state index contributed by atoms with van der Waals surface area (Å²) in [6.45, 7) is 7.68. The van der Waals surface area contributed by atoms with Crippen molar-refractivity contribution >= 4 is 39.1 Å². The zero-order chi connectivity index (χ0) is 28.6. The first-order valence-corrected chi connectivity index (χ1v) is 14.8. The number of sulfonamides is 1. The van der Waals surface area contributed by atoms with E-state index in [-0.39, 0.29) is 23.3 Å². The highest BCUT2D eigenvalue weighted by Crippen LogP contribution is 2.25. The van der Waals surface area contributed by atoms with Gasteiger partial charge in [-0.3, -0.25) is 13.9 Å². The number of hydrogen-bond donors (Lipinski definition) is 1. The second-order valence-corrected chi connectivity index (χ2v) is 12.1. The van der Waals surface area contributed by atoms with Crippen molar-refractivity contribution in [2.24, 2.45) is 5.92 Å². The van der Waals surface area contributed by atoms with Gasteiger partial charge in [0, 0.05) is 18.1 Å². The topological polar surface area (TPSA) is 86.8 Å². The van der Waals surface area contributed by atoms with Crippen molar-refractivity contribution in [3.05, 3.63) is 95.0 Å². The second-order valence-electron chi connectivity index (χ2n) is 9.81. The maximum Gasteiger partial charge on any atom is 0.264 e. The highest BCUT2D eigenvalue weighted by atomic mass is 35.5. The maximum absolute atomic E-state index is 13.9. The van der Waals surface area contributed by atoms with E-state index in [0.29, 0.717) is 17.3 Å². The van der Waals surface area contributed by atoms with Gasteiger partial charge in [-0.05, 0) is 66.8 Å². The molecule has 0 saturated carbocycles. The molecule has 0 aliphatic rings. The molecule has 39 heavy (non-hydrogen) atoms. The molecule has 1 N–H and O–H groups in total. The van der Waals surface area contributed by atoms with Crippen molar-refractivity contribution in [1.82, 2.24) is 10.2 Å². The first kappa shape index (κ1) is 30.2. The summed E-state index contributed by atoms with van der Waals surface area (Å²) < 4.78 is 28.7. The Bertz CT molecular complexity index is 1360. The number of carbonyl (C=O) groups is 2. The van der Waals surface area contributed by atoms with Gasteiger partial charge in [0.05, 0.1) is 10.6 Å². The van der Waals surface area contributed by atoms with E-state index in [0.717, 1.165) is 21.9 Å². The van der Waals surface area contributed by atoms with Gasteiger partial charge in [0.1, 0.15) is 12.6 Å². The summed E-state index contributed by atoms with van der Waals surface area (Å²) in [5.74, 6) is -0.596. The summed E-state index contributed by atoms with van der Waals surface area (Å²) in [7, 11) is -4.09. The molecule has 0 bridgehead atoms. The fraction of sp³-hybridized carbons (Fsp3) is 0.333. The summed E-state index contributed by atoms with van der Waals surface area (Å²) >= 11 is 6.18. The van der Waals surface area contributed by atoms with Crippen LogP contribution in [0.25, 0.3) is 0 Å². The molecular formula is C30H36ClN3O4S. The second kappa shape index (κ2) is 13.6. The SMILES string of the molecule is CCc1ccc(N(CC(=O)N(Cc2cccc(Cl)c2)[C@H](C)C(=O)NCC(C)C)S(=O)(=O)c2ccccc2)cc1. The van der Waals surface area contributed by atoms with Crippen molar-refractivity contribution in [3.8, 4) is 0 Å². The number of benzene rings is 3. The third kappa shape index (κ3) is 8.07. The average molecular weight is 570 g/mol. The summed E-state index contributed by atoms with van der Waals surface area (Å²) in [6, 6.07) is 21.3. The van der Waals surface area contributed by atoms with Gasteiger partial charge in [-0.15, -0.1) is 0 Å². The molecule has 0 radical (unpaired) electrons. The number of amides is 2. The molecule has 3 aromatic carbocycles. The number of nitrogens with zero attached hydrogens (tertiary/aromatic N) is 2. The monoisotopic (exact) mass is 569 g/mol. The summed E-state index contributed by atoms with van der Waals surface area (Å²) in [4.78, 5) is 28.4. The van der Waals surface area contributed by atoms with Crippen LogP contribution in [0.3, 0.4) is 0 Å². The van der Waals surface area contributed by atoms with Gasteiger partial charge in [0.15, 0.2) is 0 Å². The zero-order valence-corrected chi connectivity index (χ0v) is 24.4. The van der Waals surface area contributed by atoms with Crippen molar-refractivity contribution in [2.45, 2.75) is 51.6 Å². The van der Waals surface area contributed by atoms with Gasteiger partial charge in [0.2, 0.25) is 11.8 Å². The van der Waals surface area contributed by atoms with Crippen LogP contribution in [0.4, 0.5) is 5.69 Å². The molecule has 1 atom stereocenters. The standard InChI is InChI=1S/C30H36ClN3O4S/c1-5-24-14-16-27(17-15-24)34(39(37,38)28-12-7-6-8-13-28)21-29(35)33(20-25-10-9-11-26(31)18-25)23(4)30(36)32-19-22(2)3/h6-18,22-23H,5,19-21H2,1-4H3,(H,32,36)/t23-/m1/s1. The van der Waals surface area contributed by atoms with Crippen LogP contribution in [0.15, 0.2) is 83.8 Å². The highest BCUT2D eigenvalue weighted by molar-refractivity contribution is 7.92. The minimum Gasteiger partial charge on any atom is -0.354 e. The number of carbonyl (C=O) groups excluding carboxylic acids is 2. The van der Waals surface area contributed by atoms with Crippen LogP contribution in [0.1, 0.15) is 38.8 Å². The third-order valence-electron chi connectivity index (χ3n) is 6.34. The summed E-state index contributed by atoms with van der Waals surface area (Å²) in [6.07, 6.45) is 0.793. The lowest BCUT2D eigenvalue weighted by atomic mass is 10.1. The Labute approximate surface area is 236 Å². The molecule has 0 saturated heterocycles. The predicted molar refractivity (Wildman–Crippen MR) is 156 cm³/mol. The van der Waals surface area contributed by atoms with Gasteiger partial charge in [-0.2, -0.15) is 0 Å². The molecule has 0 fully saturated rings. The Morgan fingerprint density at radius 2 is 1.56 bits per heavy atom. The molecule has 7 nitrogen and oxygen atoms in total. The Kier molecular flexibility index (Phi) is 10.5. The number of halogens is 1. The summed E-state index contributed by atoms with van der Waals surface area (Å²) in [5.41, 5.74) is 2.13. The van der Waals surface area contributed by atoms with E-state index in [1.807, 2.05) is 39.0 Å². The minimum absolute atomic E-state index is 0.0708. The van der Waals surface area contributed by atoms with E-state index in [1.54, 1.807) is 55.5 Å². The van der Waals surface area contributed by atoms with E-state index in [1.165, 1.54) is 17.0 Å². The molecule has 0 unspecified atom stereocenters. The largest absolute Gasteiger partial charge is 0.354 e. The Morgan fingerprint density at radius 1 is 0.897 bits per heavy atom.